The summed E-state index contributed by atoms with van der Waals surface area (Å²) in [4.78, 5) is 0. The predicted octanol–water partition coefficient (Wildman–Crippen LogP) is 3.87. The molecule has 16 heavy (non-hydrogen) atoms. The Kier molecular flexibility index (Phi) is 5.01. The van der Waals surface area contributed by atoms with E-state index in [4.69, 9.17) is 0 Å². The Morgan fingerprint density at radius 2 is 1.75 bits per heavy atom. The molecule has 0 aromatic heterocycles. The van der Waals surface area contributed by atoms with E-state index < -0.39 is 5.60 Å². The molecule has 0 spiro atoms. The zero-order valence-electron chi connectivity index (χ0n) is 10.8. The number of hydrogen-bond donors (Lipinski definition) is 1. The van der Waals surface area contributed by atoms with Crippen LogP contribution in [0, 0.1) is 6.92 Å². The topological polar surface area (TPSA) is 20.2 Å². The average molecular weight is 220 g/mol. The second-order valence-electron chi connectivity index (χ2n) is 5.12. The van der Waals surface area contributed by atoms with Gasteiger partial charge in [-0.2, -0.15) is 0 Å². The average Bonchev–Trinajstić information content (AvgIpc) is 2.21. The lowest BCUT2D eigenvalue weighted by Crippen LogP contribution is -2.26. The van der Waals surface area contributed by atoms with Crippen molar-refractivity contribution in [2.24, 2.45) is 0 Å². The van der Waals surface area contributed by atoms with Crippen LogP contribution in [-0.2, 0) is 6.42 Å². The monoisotopic (exact) mass is 220 g/mol. The molecule has 0 bridgehead atoms. The molecule has 0 heterocycles. The maximum atomic E-state index is 10.3. The number of unbranched alkanes of at least 4 members (excludes halogenated alkanes) is 2. The molecule has 0 aliphatic heterocycles. The molecule has 0 aliphatic rings. The molecule has 1 nitrogen and oxygen atoms in total. The van der Waals surface area contributed by atoms with Crippen LogP contribution >= 0.6 is 0 Å². The SMILES string of the molecule is CCCCCC(C)(O)Cc1ccc(C)cc1. The van der Waals surface area contributed by atoms with E-state index in [9.17, 15) is 5.11 Å². The summed E-state index contributed by atoms with van der Waals surface area (Å²) in [6, 6.07) is 8.45. The Bertz CT molecular complexity index is 298. The summed E-state index contributed by atoms with van der Waals surface area (Å²) >= 11 is 0. The van der Waals surface area contributed by atoms with Crippen molar-refractivity contribution >= 4 is 0 Å². The fourth-order valence-electron chi connectivity index (χ4n) is 1.99. The summed E-state index contributed by atoms with van der Waals surface area (Å²) in [5, 5.41) is 10.3. The Morgan fingerprint density at radius 3 is 2.31 bits per heavy atom. The zero-order valence-corrected chi connectivity index (χ0v) is 10.8. The standard InChI is InChI=1S/C15H24O/c1-4-5-6-11-15(3,16)12-14-9-7-13(2)8-10-14/h7-10,16H,4-6,11-12H2,1-3H3. The van der Waals surface area contributed by atoms with Crippen LogP contribution in [0.1, 0.15) is 50.7 Å². The summed E-state index contributed by atoms with van der Waals surface area (Å²) < 4.78 is 0. The minimum Gasteiger partial charge on any atom is -0.390 e. The molecule has 1 aromatic carbocycles. The first-order valence-corrected chi connectivity index (χ1v) is 6.31. The van der Waals surface area contributed by atoms with Gasteiger partial charge in [-0.1, -0.05) is 56.0 Å². The van der Waals surface area contributed by atoms with E-state index in [2.05, 4.69) is 38.1 Å². The van der Waals surface area contributed by atoms with Crippen LogP contribution in [0.15, 0.2) is 24.3 Å². The Morgan fingerprint density at radius 1 is 1.12 bits per heavy atom. The molecule has 0 aliphatic carbocycles. The molecule has 1 N–H and O–H groups in total. The lowest BCUT2D eigenvalue weighted by atomic mass is 9.91. The van der Waals surface area contributed by atoms with Gasteiger partial charge in [0.15, 0.2) is 0 Å². The van der Waals surface area contributed by atoms with Crippen LogP contribution in [0.2, 0.25) is 0 Å². The second kappa shape index (κ2) is 6.05. The molecule has 1 aromatic rings. The summed E-state index contributed by atoms with van der Waals surface area (Å²) in [5.74, 6) is 0. The van der Waals surface area contributed by atoms with Gasteiger partial charge in [0.05, 0.1) is 5.60 Å². The van der Waals surface area contributed by atoms with Gasteiger partial charge >= 0.3 is 0 Å². The van der Waals surface area contributed by atoms with Gasteiger partial charge in [0.2, 0.25) is 0 Å². The van der Waals surface area contributed by atoms with Gasteiger partial charge in [0.1, 0.15) is 0 Å². The van der Waals surface area contributed by atoms with Crippen LogP contribution in [-0.4, -0.2) is 10.7 Å². The summed E-state index contributed by atoms with van der Waals surface area (Å²) in [6.07, 6.45) is 5.20. The van der Waals surface area contributed by atoms with Crippen molar-refractivity contribution in [2.75, 3.05) is 0 Å². The second-order valence-corrected chi connectivity index (χ2v) is 5.12. The molecule has 0 saturated heterocycles. The first-order chi connectivity index (χ1) is 7.53. The van der Waals surface area contributed by atoms with E-state index in [0.717, 1.165) is 19.3 Å². The zero-order chi connectivity index (χ0) is 12.0. The van der Waals surface area contributed by atoms with Crippen molar-refractivity contribution in [2.45, 2.75) is 58.5 Å². The van der Waals surface area contributed by atoms with Gasteiger partial charge in [-0.3, -0.25) is 0 Å². The van der Waals surface area contributed by atoms with Crippen molar-refractivity contribution < 1.29 is 5.11 Å². The van der Waals surface area contributed by atoms with Gasteiger partial charge < -0.3 is 5.11 Å². The number of benzene rings is 1. The van der Waals surface area contributed by atoms with E-state index in [1.54, 1.807) is 0 Å². The van der Waals surface area contributed by atoms with E-state index in [1.165, 1.54) is 24.0 Å². The minimum atomic E-state index is -0.551. The van der Waals surface area contributed by atoms with Gasteiger partial charge in [0.25, 0.3) is 0 Å². The normalized spacial score (nSPS) is 14.8. The highest BCUT2D eigenvalue weighted by molar-refractivity contribution is 5.22. The van der Waals surface area contributed by atoms with Gasteiger partial charge in [-0.15, -0.1) is 0 Å². The van der Waals surface area contributed by atoms with Crippen molar-refractivity contribution in [3.05, 3.63) is 35.4 Å². The quantitative estimate of drug-likeness (QED) is 0.722. The van der Waals surface area contributed by atoms with Crippen LogP contribution in [0.5, 0.6) is 0 Å². The largest absolute Gasteiger partial charge is 0.390 e. The molecule has 0 radical (unpaired) electrons. The van der Waals surface area contributed by atoms with Gasteiger partial charge in [0, 0.05) is 6.42 Å². The van der Waals surface area contributed by atoms with Crippen molar-refractivity contribution in [3.63, 3.8) is 0 Å². The van der Waals surface area contributed by atoms with Crippen molar-refractivity contribution in [3.8, 4) is 0 Å². The summed E-state index contributed by atoms with van der Waals surface area (Å²) in [6.45, 7) is 6.22. The number of hydrogen-bond acceptors (Lipinski definition) is 1. The number of rotatable bonds is 6. The van der Waals surface area contributed by atoms with Gasteiger partial charge in [-0.25, -0.2) is 0 Å². The molecular weight excluding hydrogens is 196 g/mol. The van der Waals surface area contributed by atoms with Crippen LogP contribution in [0.3, 0.4) is 0 Å². The minimum absolute atomic E-state index is 0.551. The van der Waals surface area contributed by atoms with Crippen molar-refractivity contribution in [1.29, 1.82) is 0 Å². The van der Waals surface area contributed by atoms with Crippen LogP contribution in [0.4, 0.5) is 0 Å². The lowest BCUT2D eigenvalue weighted by Gasteiger charge is -2.23. The maximum absolute atomic E-state index is 10.3. The first-order valence-electron chi connectivity index (χ1n) is 6.31. The third-order valence-electron chi connectivity index (χ3n) is 3.02. The summed E-state index contributed by atoms with van der Waals surface area (Å²) in [5.41, 5.74) is 1.95. The molecule has 0 fully saturated rings. The van der Waals surface area contributed by atoms with E-state index in [1.807, 2.05) is 6.92 Å². The fraction of sp³-hybridized carbons (Fsp3) is 0.600. The highest BCUT2D eigenvalue weighted by Gasteiger charge is 2.19. The van der Waals surface area contributed by atoms with Crippen LogP contribution in [0.25, 0.3) is 0 Å². The lowest BCUT2D eigenvalue weighted by molar-refractivity contribution is 0.0486. The third kappa shape index (κ3) is 4.80. The molecule has 0 saturated carbocycles. The predicted molar refractivity (Wildman–Crippen MR) is 69.6 cm³/mol. The first kappa shape index (κ1) is 13.2. The van der Waals surface area contributed by atoms with Gasteiger partial charge in [-0.05, 0) is 25.8 Å². The Labute approximate surface area is 99.5 Å². The van der Waals surface area contributed by atoms with E-state index in [0.29, 0.717) is 0 Å². The molecular formula is C15H24O. The highest BCUT2D eigenvalue weighted by Crippen LogP contribution is 2.20. The Hall–Kier alpha value is -0.820. The molecule has 1 rings (SSSR count). The fourth-order valence-corrected chi connectivity index (χ4v) is 1.99. The number of aliphatic hydroxyl groups is 1. The molecule has 1 atom stereocenters. The Balaban J connectivity index is 2.48. The van der Waals surface area contributed by atoms with Crippen molar-refractivity contribution in [1.82, 2.24) is 0 Å². The molecule has 0 amide bonds. The van der Waals surface area contributed by atoms with E-state index >= 15 is 0 Å². The molecule has 1 unspecified atom stereocenters. The smallest absolute Gasteiger partial charge is 0.0660 e. The number of aryl methyl sites for hydroxylation is 1. The summed E-state index contributed by atoms with van der Waals surface area (Å²) in [7, 11) is 0. The molecule has 90 valence electrons. The molecule has 1 heteroatoms. The van der Waals surface area contributed by atoms with Crippen LogP contribution < -0.4 is 0 Å². The van der Waals surface area contributed by atoms with E-state index in [-0.39, 0.29) is 0 Å². The third-order valence-corrected chi connectivity index (χ3v) is 3.02. The highest BCUT2D eigenvalue weighted by atomic mass is 16.3. The maximum Gasteiger partial charge on any atom is 0.0660 e.